The second kappa shape index (κ2) is 8.47. The van der Waals surface area contributed by atoms with Crippen LogP contribution in [0.4, 0.5) is 0 Å². The van der Waals surface area contributed by atoms with Gasteiger partial charge in [0.05, 0.1) is 5.71 Å². The Balaban J connectivity index is 3.06. The molecule has 0 heterocycles. The average molecular weight is 528 g/mol. The molecule has 122 valence electrons. The molecule has 0 aliphatic rings. The predicted molar refractivity (Wildman–Crippen MR) is 108 cm³/mol. The zero-order chi connectivity index (χ0) is 16.9. The van der Waals surface area contributed by atoms with Gasteiger partial charge in [0.25, 0.3) is 5.91 Å². The Morgan fingerprint density at radius 3 is 2.18 bits per heavy atom. The quantitative estimate of drug-likeness (QED) is 0.251. The van der Waals surface area contributed by atoms with Crippen LogP contribution < -0.4 is 5.73 Å². The summed E-state index contributed by atoms with van der Waals surface area (Å²) in [4.78, 5) is 17.3. The lowest BCUT2D eigenvalue weighted by molar-refractivity contribution is -0.129. The summed E-state index contributed by atoms with van der Waals surface area (Å²) in [5.74, 6) is -0.535. The fourth-order valence-corrected chi connectivity index (χ4v) is 4.58. The lowest BCUT2D eigenvalue weighted by Crippen LogP contribution is -2.30. The fourth-order valence-electron chi connectivity index (χ4n) is 1.91. The predicted octanol–water partition coefficient (Wildman–Crippen LogP) is 4.10. The molecule has 0 spiro atoms. The Hall–Kier alpha value is -0.380. The molecule has 0 bridgehead atoms. The Bertz CT molecular complexity index is 549. The number of aryl methyl sites for hydroxylation is 2. The number of hydrogen-bond donors (Lipinski definition) is 1. The van der Waals surface area contributed by atoms with Crippen LogP contribution in [-0.4, -0.2) is 20.5 Å². The van der Waals surface area contributed by atoms with Crippen LogP contribution in [0.25, 0.3) is 0 Å². The minimum Gasteiger partial charge on any atom is -0.378 e. The van der Waals surface area contributed by atoms with Gasteiger partial charge in [0.2, 0.25) is 6.10 Å². The Morgan fingerprint density at radius 1 is 1.27 bits per heavy atom. The van der Waals surface area contributed by atoms with E-state index in [1.54, 1.807) is 0 Å². The number of nitrogens with zero attached hydrogens (tertiary/aromatic N) is 1. The monoisotopic (exact) mass is 528 g/mol. The molecule has 1 aromatic carbocycles. The summed E-state index contributed by atoms with van der Waals surface area (Å²) in [5, 5.41) is 4.20. The molecule has 0 saturated heterocycles. The summed E-state index contributed by atoms with van der Waals surface area (Å²) in [6, 6.07) is 5.85. The van der Waals surface area contributed by atoms with Crippen LogP contribution in [0.1, 0.15) is 36.6 Å². The molecule has 4 nitrogen and oxygen atoms in total. The number of benzene rings is 1. The van der Waals surface area contributed by atoms with Gasteiger partial charge in [0.15, 0.2) is 0 Å². The number of rotatable bonds is 7. The van der Waals surface area contributed by atoms with Crippen molar-refractivity contribution in [3.05, 3.63) is 34.9 Å². The molecular formula is C16H22I2N2O2. The molecule has 0 aliphatic heterocycles. The van der Waals surface area contributed by atoms with Crippen molar-refractivity contribution in [1.82, 2.24) is 0 Å². The number of nitrogens with two attached hydrogens (primary N) is 1. The summed E-state index contributed by atoms with van der Waals surface area (Å²) in [6.07, 6.45) is -0.860. The van der Waals surface area contributed by atoms with Crippen LogP contribution in [0.15, 0.2) is 23.4 Å². The number of carbonyl (C=O) groups excluding carboxylic acids is 1. The molecule has 1 atom stereocenters. The second-order valence-electron chi connectivity index (χ2n) is 5.81. The maximum atomic E-state index is 11.7. The van der Waals surface area contributed by atoms with Crippen LogP contribution in [-0.2, 0) is 9.63 Å². The number of alkyl halides is 2. The highest BCUT2D eigenvalue weighted by Gasteiger charge is 2.27. The van der Waals surface area contributed by atoms with Crippen molar-refractivity contribution in [3.8, 4) is 0 Å². The standard InChI is InChI=1S/C16H22I2N2O2/c1-10-5-11(2)7-13(6-10)14(15(19)21)22-20-12(3)16(4,8-17)9-18/h5-7,14H,8-9H2,1-4H3,(H2,19,21). The minimum atomic E-state index is -0.860. The maximum Gasteiger partial charge on any atom is 0.266 e. The smallest absolute Gasteiger partial charge is 0.266 e. The zero-order valence-electron chi connectivity index (χ0n) is 13.3. The Kier molecular flexibility index (Phi) is 7.57. The van der Waals surface area contributed by atoms with Crippen LogP contribution in [0, 0.1) is 19.3 Å². The number of hydrogen-bond acceptors (Lipinski definition) is 3. The van der Waals surface area contributed by atoms with E-state index in [2.05, 4.69) is 57.3 Å². The number of carbonyl (C=O) groups is 1. The molecule has 0 aliphatic carbocycles. The summed E-state index contributed by atoms with van der Waals surface area (Å²) in [6.45, 7) is 8.01. The summed E-state index contributed by atoms with van der Waals surface area (Å²) in [7, 11) is 0. The third-order valence-corrected chi connectivity index (χ3v) is 6.93. The topological polar surface area (TPSA) is 64.7 Å². The van der Waals surface area contributed by atoms with Gasteiger partial charge < -0.3 is 10.6 Å². The molecule has 0 radical (unpaired) electrons. The van der Waals surface area contributed by atoms with E-state index in [0.717, 1.165) is 31.3 Å². The third-order valence-electron chi connectivity index (χ3n) is 3.56. The van der Waals surface area contributed by atoms with Gasteiger partial charge in [-0.25, -0.2) is 0 Å². The van der Waals surface area contributed by atoms with Crippen molar-refractivity contribution in [3.63, 3.8) is 0 Å². The van der Waals surface area contributed by atoms with Crippen molar-refractivity contribution >= 4 is 56.8 Å². The largest absolute Gasteiger partial charge is 0.378 e. The Labute approximate surface area is 159 Å². The summed E-state index contributed by atoms with van der Waals surface area (Å²) in [5.41, 5.74) is 9.18. The first-order valence-corrected chi connectivity index (χ1v) is 9.99. The van der Waals surface area contributed by atoms with E-state index in [1.807, 2.05) is 39.0 Å². The van der Waals surface area contributed by atoms with Gasteiger partial charge in [-0.3, -0.25) is 4.79 Å². The molecule has 2 N–H and O–H groups in total. The van der Waals surface area contributed by atoms with E-state index in [0.29, 0.717) is 0 Å². The van der Waals surface area contributed by atoms with Gasteiger partial charge in [0.1, 0.15) is 0 Å². The summed E-state index contributed by atoms with van der Waals surface area (Å²) < 4.78 is 1.86. The molecule has 0 fully saturated rings. The maximum absolute atomic E-state index is 11.7. The lowest BCUT2D eigenvalue weighted by atomic mass is 9.91. The van der Waals surface area contributed by atoms with Gasteiger partial charge >= 0.3 is 0 Å². The van der Waals surface area contributed by atoms with Crippen LogP contribution >= 0.6 is 45.2 Å². The van der Waals surface area contributed by atoms with E-state index in [-0.39, 0.29) is 5.41 Å². The molecule has 1 unspecified atom stereocenters. The van der Waals surface area contributed by atoms with Gasteiger partial charge in [-0.2, -0.15) is 0 Å². The van der Waals surface area contributed by atoms with Crippen LogP contribution in [0.2, 0.25) is 0 Å². The molecule has 1 rings (SSSR count). The van der Waals surface area contributed by atoms with Crippen molar-refractivity contribution in [2.24, 2.45) is 16.3 Å². The first-order valence-electron chi connectivity index (χ1n) is 6.94. The Morgan fingerprint density at radius 2 is 1.77 bits per heavy atom. The highest BCUT2D eigenvalue weighted by atomic mass is 127. The average Bonchev–Trinajstić information content (AvgIpc) is 2.45. The fraction of sp³-hybridized carbons (Fsp3) is 0.500. The van der Waals surface area contributed by atoms with Gasteiger partial charge in [-0.1, -0.05) is 86.6 Å². The van der Waals surface area contributed by atoms with E-state index in [1.165, 1.54) is 0 Å². The van der Waals surface area contributed by atoms with Gasteiger partial charge in [-0.15, -0.1) is 0 Å². The number of oxime groups is 1. The van der Waals surface area contributed by atoms with E-state index in [4.69, 9.17) is 10.6 Å². The van der Waals surface area contributed by atoms with Crippen molar-refractivity contribution in [2.45, 2.75) is 33.8 Å². The van der Waals surface area contributed by atoms with E-state index in [9.17, 15) is 4.79 Å². The van der Waals surface area contributed by atoms with Crippen molar-refractivity contribution in [2.75, 3.05) is 8.86 Å². The SMILES string of the molecule is CC(=NOC(C(N)=O)c1cc(C)cc(C)c1)C(C)(CI)CI. The van der Waals surface area contributed by atoms with Crippen molar-refractivity contribution < 1.29 is 9.63 Å². The number of halogens is 2. The lowest BCUT2D eigenvalue weighted by Gasteiger charge is -2.24. The van der Waals surface area contributed by atoms with Crippen molar-refractivity contribution in [1.29, 1.82) is 0 Å². The van der Waals surface area contributed by atoms with E-state index >= 15 is 0 Å². The highest BCUT2D eigenvalue weighted by molar-refractivity contribution is 14.1. The summed E-state index contributed by atoms with van der Waals surface area (Å²) >= 11 is 4.68. The van der Waals surface area contributed by atoms with Crippen LogP contribution in [0.5, 0.6) is 0 Å². The molecule has 0 saturated carbocycles. The molecule has 22 heavy (non-hydrogen) atoms. The normalized spacial score (nSPS) is 13.8. The van der Waals surface area contributed by atoms with Gasteiger partial charge in [0, 0.05) is 19.8 Å². The second-order valence-corrected chi connectivity index (χ2v) is 7.34. The zero-order valence-corrected chi connectivity index (χ0v) is 17.6. The van der Waals surface area contributed by atoms with E-state index < -0.39 is 12.0 Å². The van der Waals surface area contributed by atoms with Crippen LogP contribution in [0.3, 0.4) is 0 Å². The number of amides is 1. The molecule has 1 amide bonds. The molecule has 0 aromatic heterocycles. The first kappa shape index (κ1) is 19.7. The number of primary amides is 1. The minimum absolute atomic E-state index is 0.0498. The first-order chi connectivity index (χ1) is 10.2. The highest BCUT2D eigenvalue weighted by Crippen LogP contribution is 2.27. The van der Waals surface area contributed by atoms with Gasteiger partial charge in [-0.05, 0) is 20.8 Å². The molecule has 6 heteroatoms. The molecule has 1 aromatic rings. The molecular weight excluding hydrogens is 506 g/mol. The third kappa shape index (κ3) is 5.07.